The molecule has 0 fully saturated rings. The van der Waals surface area contributed by atoms with Crippen LogP contribution >= 0.6 is 23.3 Å². The van der Waals surface area contributed by atoms with E-state index in [0.29, 0.717) is 11.0 Å². The fraction of sp³-hybridized carbons (Fsp3) is 0.444. The van der Waals surface area contributed by atoms with Gasteiger partial charge in [-0.15, -0.1) is 15.3 Å². The Labute approximate surface area is 111 Å². The van der Waals surface area contributed by atoms with Gasteiger partial charge in [0.2, 0.25) is 0 Å². The molecule has 0 radical (unpaired) electrons. The minimum atomic E-state index is -0.868. The molecule has 0 amide bonds. The van der Waals surface area contributed by atoms with E-state index in [1.165, 1.54) is 23.3 Å². The fourth-order valence-corrected chi connectivity index (χ4v) is 2.59. The molecule has 1 N–H and O–H groups in total. The number of nitrogens with zero attached hydrogens (tertiary/aromatic N) is 5. The van der Waals surface area contributed by atoms with Crippen LogP contribution in [0.5, 0.6) is 0 Å². The van der Waals surface area contributed by atoms with Crippen LogP contribution in [0.25, 0.3) is 10.7 Å². The summed E-state index contributed by atoms with van der Waals surface area (Å²) < 4.78 is 5.70. The minimum Gasteiger partial charge on any atom is -0.481 e. The summed E-state index contributed by atoms with van der Waals surface area (Å²) in [7, 11) is 0. The lowest BCUT2D eigenvalue weighted by Gasteiger charge is -2.05. The van der Waals surface area contributed by atoms with Crippen molar-refractivity contribution in [2.45, 2.75) is 25.0 Å². The normalized spacial score (nSPS) is 10.7. The van der Waals surface area contributed by atoms with E-state index in [9.17, 15) is 4.79 Å². The van der Waals surface area contributed by atoms with Crippen molar-refractivity contribution in [2.75, 3.05) is 5.75 Å². The molecular formula is C9H11N5O2S2. The molecule has 9 heteroatoms. The van der Waals surface area contributed by atoms with Crippen LogP contribution in [0.1, 0.15) is 13.3 Å². The maximum atomic E-state index is 10.6. The standard InChI is InChI=1S/C9H11N5O2S2/c1-2-3-14-8(6-4-10-13-18-6)11-12-9(14)17-5-7(15)16/h4H,2-3,5H2,1H3,(H,15,16). The first kappa shape index (κ1) is 13.0. The molecule has 0 unspecified atom stereocenters. The van der Waals surface area contributed by atoms with Crippen LogP contribution in [0.2, 0.25) is 0 Å². The van der Waals surface area contributed by atoms with Gasteiger partial charge >= 0.3 is 5.97 Å². The molecule has 2 aromatic heterocycles. The van der Waals surface area contributed by atoms with Gasteiger partial charge in [-0.25, -0.2) is 0 Å². The second-order valence-corrected chi connectivity index (χ2v) is 5.15. The number of carboxylic acid groups (broad SMARTS) is 1. The molecule has 0 aliphatic rings. The van der Waals surface area contributed by atoms with Crippen molar-refractivity contribution < 1.29 is 9.90 Å². The first-order chi connectivity index (χ1) is 8.72. The summed E-state index contributed by atoms with van der Waals surface area (Å²) in [5, 5.41) is 21.2. The van der Waals surface area contributed by atoms with Gasteiger partial charge in [-0.05, 0) is 18.0 Å². The van der Waals surface area contributed by atoms with Crippen molar-refractivity contribution in [3.8, 4) is 10.7 Å². The molecule has 7 nitrogen and oxygen atoms in total. The van der Waals surface area contributed by atoms with E-state index in [1.54, 1.807) is 6.20 Å². The molecular weight excluding hydrogens is 274 g/mol. The highest BCUT2D eigenvalue weighted by Crippen LogP contribution is 2.25. The molecule has 2 heterocycles. The van der Waals surface area contributed by atoms with Crippen LogP contribution in [0.15, 0.2) is 11.4 Å². The van der Waals surface area contributed by atoms with Crippen molar-refractivity contribution in [2.24, 2.45) is 0 Å². The average Bonchev–Trinajstić information content (AvgIpc) is 2.95. The van der Waals surface area contributed by atoms with E-state index in [2.05, 4.69) is 19.8 Å². The Hall–Kier alpha value is -1.48. The molecule has 0 spiro atoms. The van der Waals surface area contributed by atoms with E-state index < -0.39 is 5.97 Å². The predicted molar refractivity (Wildman–Crippen MR) is 67.6 cm³/mol. The molecule has 18 heavy (non-hydrogen) atoms. The molecule has 0 bridgehead atoms. The lowest BCUT2D eigenvalue weighted by atomic mass is 10.4. The summed E-state index contributed by atoms with van der Waals surface area (Å²) in [6.07, 6.45) is 2.55. The number of hydrogen-bond acceptors (Lipinski definition) is 7. The number of thioether (sulfide) groups is 1. The van der Waals surface area contributed by atoms with E-state index in [0.717, 1.165) is 17.8 Å². The second kappa shape index (κ2) is 5.91. The van der Waals surface area contributed by atoms with Gasteiger partial charge in [0.15, 0.2) is 11.0 Å². The zero-order valence-corrected chi connectivity index (χ0v) is 11.2. The Morgan fingerprint density at radius 1 is 1.56 bits per heavy atom. The van der Waals surface area contributed by atoms with Gasteiger partial charge in [0, 0.05) is 6.54 Å². The maximum Gasteiger partial charge on any atom is 0.313 e. The smallest absolute Gasteiger partial charge is 0.313 e. The molecule has 0 aliphatic carbocycles. The Morgan fingerprint density at radius 3 is 3.00 bits per heavy atom. The second-order valence-electron chi connectivity index (χ2n) is 3.42. The van der Waals surface area contributed by atoms with Crippen LogP contribution < -0.4 is 0 Å². The molecule has 0 saturated heterocycles. The Kier molecular flexibility index (Phi) is 4.26. The monoisotopic (exact) mass is 285 g/mol. The number of rotatable bonds is 6. The Bertz CT molecular complexity index is 525. The summed E-state index contributed by atoms with van der Waals surface area (Å²) in [6.45, 7) is 2.78. The lowest BCUT2D eigenvalue weighted by molar-refractivity contribution is -0.133. The number of hydrogen-bond donors (Lipinski definition) is 1. The molecule has 0 atom stereocenters. The predicted octanol–water partition coefficient (Wildman–Crippen LogP) is 1.38. The summed E-state index contributed by atoms with van der Waals surface area (Å²) in [5.74, 6) is -0.199. The molecule has 2 rings (SSSR count). The summed E-state index contributed by atoms with van der Waals surface area (Å²) in [6, 6.07) is 0. The van der Waals surface area contributed by atoms with E-state index in [-0.39, 0.29) is 5.75 Å². The maximum absolute atomic E-state index is 10.6. The van der Waals surface area contributed by atoms with Crippen molar-refractivity contribution in [1.29, 1.82) is 0 Å². The third-order valence-electron chi connectivity index (χ3n) is 2.07. The third kappa shape index (κ3) is 2.85. The first-order valence-electron chi connectivity index (χ1n) is 5.28. The zero-order chi connectivity index (χ0) is 13.0. The quantitative estimate of drug-likeness (QED) is 0.801. The van der Waals surface area contributed by atoms with Crippen molar-refractivity contribution >= 4 is 29.3 Å². The van der Waals surface area contributed by atoms with E-state index in [4.69, 9.17) is 5.11 Å². The zero-order valence-electron chi connectivity index (χ0n) is 9.61. The van der Waals surface area contributed by atoms with Crippen LogP contribution in [0.4, 0.5) is 0 Å². The lowest BCUT2D eigenvalue weighted by Crippen LogP contribution is -2.04. The van der Waals surface area contributed by atoms with E-state index in [1.807, 2.05) is 11.5 Å². The average molecular weight is 285 g/mol. The van der Waals surface area contributed by atoms with Gasteiger partial charge in [0.1, 0.15) is 4.88 Å². The highest BCUT2D eigenvalue weighted by Gasteiger charge is 2.16. The number of aliphatic carboxylic acids is 1. The molecule has 96 valence electrons. The van der Waals surface area contributed by atoms with Gasteiger partial charge in [-0.3, -0.25) is 4.79 Å². The van der Waals surface area contributed by atoms with Crippen molar-refractivity contribution in [3.05, 3.63) is 6.20 Å². The first-order valence-corrected chi connectivity index (χ1v) is 7.03. The summed E-state index contributed by atoms with van der Waals surface area (Å²) >= 11 is 2.41. The van der Waals surface area contributed by atoms with Crippen molar-refractivity contribution in [1.82, 2.24) is 24.4 Å². The van der Waals surface area contributed by atoms with Gasteiger partial charge in [-0.2, -0.15) is 0 Å². The van der Waals surface area contributed by atoms with Crippen LogP contribution in [0, 0.1) is 0 Å². The topological polar surface area (TPSA) is 93.8 Å². The highest BCUT2D eigenvalue weighted by molar-refractivity contribution is 7.99. The Morgan fingerprint density at radius 2 is 2.39 bits per heavy atom. The molecule has 0 saturated carbocycles. The number of carbonyl (C=O) groups is 1. The number of carboxylic acids is 1. The minimum absolute atomic E-state index is 0.0250. The van der Waals surface area contributed by atoms with Crippen LogP contribution in [-0.2, 0) is 11.3 Å². The Balaban J connectivity index is 2.28. The number of aromatic nitrogens is 5. The molecule has 2 aromatic rings. The van der Waals surface area contributed by atoms with Gasteiger partial charge in [-0.1, -0.05) is 23.2 Å². The molecule has 0 aliphatic heterocycles. The van der Waals surface area contributed by atoms with Crippen LogP contribution in [-0.4, -0.2) is 41.2 Å². The van der Waals surface area contributed by atoms with Gasteiger partial charge < -0.3 is 9.67 Å². The molecule has 0 aromatic carbocycles. The fourth-order valence-electron chi connectivity index (χ4n) is 1.39. The highest BCUT2D eigenvalue weighted by atomic mass is 32.2. The summed E-state index contributed by atoms with van der Waals surface area (Å²) in [5.41, 5.74) is 0. The third-order valence-corrected chi connectivity index (χ3v) is 3.68. The van der Waals surface area contributed by atoms with Crippen LogP contribution in [0.3, 0.4) is 0 Å². The van der Waals surface area contributed by atoms with Crippen molar-refractivity contribution in [3.63, 3.8) is 0 Å². The summed E-state index contributed by atoms with van der Waals surface area (Å²) in [4.78, 5) is 11.4. The largest absolute Gasteiger partial charge is 0.481 e. The SMILES string of the molecule is CCCn1c(SCC(=O)O)nnc1-c1cnns1. The van der Waals surface area contributed by atoms with E-state index >= 15 is 0 Å². The van der Waals surface area contributed by atoms with Gasteiger partial charge in [0.25, 0.3) is 0 Å². The van der Waals surface area contributed by atoms with Gasteiger partial charge in [0.05, 0.1) is 11.9 Å².